The minimum absolute atomic E-state index is 0.0583. The van der Waals surface area contributed by atoms with Gasteiger partial charge in [-0.1, -0.05) is 23.7 Å². The van der Waals surface area contributed by atoms with Crippen LogP contribution in [0.4, 0.5) is 22.0 Å². The third-order valence-electron chi connectivity index (χ3n) is 3.84. The number of carbonyl (C=O) groups excluding carboxylic acids is 2. The van der Waals surface area contributed by atoms with Crippen molar-refractivity contribution in [2.75, 3.05) is 6.61 Å². The lowest BCUT2D eigenvalue weighted by molar-refractivity contribution is -0.128. The van der Waals surface area contributed by atoms with Crippen molar-refractivity contribution in [1.29, 1.82) is 0 Å². The Labute approximate surface area is 172 Å². The van der Waals surface area contributed by atoms with Gasteiger partial charge in [-0.15, -0.1) is 0 Å². The van der Waals surface area contributed by atoms with Gasteiger partial charge in [-0.2, -0.15) is 0 Å². The highest BCUT2D eigenvalue weighted by atomic mass is 35.5. The first-order valence-electron chi connectivity index (χ1n) is 8.28. The largest absolute Gasteiger partial charge is 0.394 e. The number of halogens is 6. The van der Waals surface area contributed by atoms with Crippen LogP contribution in [0.3, 0.4) is 0 Å². The Balaban J connectivity index is 2.03. The summed E-state index contributed by atoms with van der Waals surface area (Å²) in [6.45, 7) is -0.753. The summed E-state index contributed by atoms with van der Waals surface area (Å²) in [6.07, 6.45) is 0.832. The molecule has 0 saturated carbocycles. The maximum absolute atomic E-state index is 13.6. The van der Waals surface area contributed by atoms with Crippen molar-refractivity contribution in [2.45, 2.75) is 12.6 Å². The smallest absolute Gasteiger partial charge is 0.245 e. The summed E-state index contributed by atoms with van der Waals surface area (Å²) in [4.78, 5) is 23.9. The molecule has 3 N–H and O–H groups in total. The minimum Gasteiger partial charge on any atom is -0.394 e. The van der Waals surface area contributed by atoms with Gasteiger partial charge < -0.3 is 15.7 Å². The Morgan fingerprint density at radius 1 is 0.967 bits per heavy atom. The first kappa shape index (κ1) is 23.3. The van der Waals surface area contributed by atoms with E-state index in [1.165, 1.54) is 0 Å². The van der Waals surface area contributed by atoms with Crippen LogP contribution in [-0.4, -0.2) is 29.6 Å². The number of aliphatic hydroxyl groups is 1. The van der Waals surface area contributed by atoms with Crippen LogP contribution in [0.5, 0.6) is 0 Å². The van der Waals surface area contributed by atoms with Crippen molar-refractivity contribution in [3.63, 3.8) is 0 Å². The molecule has 0 bridgehead atoms. The number of hydrogen-bond acceptors (Lipinski definition) is 3. The van der Waals surface area contributed by atoms with Crippen LogP contribution in [0, 0.1) is 29.1 Å². The Bertz CT molecular complexity index is 954. The quantitative estimate of drug-likeness (QED) is 0.264. The van der Waals surface area contributed by atoms with Crippen molar-refractivity contribution in [3.05, 3.63) is 75.6 Å². The van der Waals surface area contributed by atoms with Crippen LogP contribution < -0.4 is 10.6 Å². The molecule has 5 nitrogen and oxygen atoms in total. The molecule has 2 aromatic rings. The fourth-order valence-corrected chi connectivity index (χ4v) is 2.38. The van der Waals surface area contributed by atoms with E-state index in [4.69, 9.17) is 11.6 Å². The predicted octanol–water partition coefficient (Wildman–Crippen LogP) is 2.84. The number of carbonyl (C=O) groups is 2. The summed E-state index contributed by atoms with van der Waals surface area (Å²) in [5.74, 6) is -12.8. The highest BCUT2D eigenvalue weighted by molar-refractivity contribution is 6.30. The monoisotopic (exact) mass is 448 g/mol. The highest BCUT2D eigenvalue weighted by Crippen LogP contribution is 2.23. The molecule has 160 valence electrons. The summed E-state index contributed by atoms with van der Waals surface area (Å²) < 4.78 is 66.5. The van der Waals surface area contributed by atoms with Gasteiger partial charge in [-0.25, -0.2) is 22.0 Å². The number of hydrogen-bond donors (Lipinski definition) is 3. The minimum atomic E-state index is -2.33. The molecule has 11 heteroatoms. The Kier molecular flexibility index (Phi) is 7.90. The van der Waals surface area contributed by atoms with Gasteiger partial charge in [0.1, 0.15) is 6.04 Å². The van der Waals surface area contributed by atoms with Crippen LogP contribution in [-0.2, 0) is 16.1 Å². The SMILES string of the molecule is O=C(C=Cc1c(F)c(F)c(F)c(F)c1F)N[C@@H](CO)C(=O)NCc1ccc(Cl)cc1. The zero-order valence-electron chi connectivity index (χ0n) is 15.0. The molecular formula is C19H14ClF5N2O3. The Morgan fingerprint density at radius 2 is 1.50 bits per heavy atom. The van der Waals surface area contributed by atoms with Crippen molar-refractivity contribution in [3.8, 4) is 0 Å². The summed E-state index contributed by atoms with van der Waals surface area (Å²) in [6, 6.07) is 5.05. The zero-order chi connectivity index (χ0) is 22.4. The molecule has 0 saturated heterocycles. The molecular weight excluding hydrogens is 435 g/mol. The molecule has 0 unspecified atom stereocenters. The second-order valence-corrected chi connectivity index (χ2v) is 6.34. The van der Waals surface area contributed by atoms with Crippen LogP contribution in [0.25, 0.3) is 6.08 Å². The molecule has 0 aromatic heterocycles. The maximum atomic E-state index is 13.6. The van der Waals surface area contributed by atoms with Crippen molar-refractivity contribution in [1.82, 2.24) is 10.6 Å². The number of benzene rings is 2. The number of rotatable bonds is 7. The van der Waals surface area contributed by atoms with Crippen LogP contribution >= 0.6 is 11.6 Å². The van der Waals surface area contributed by atoms with E-state index >= 15 is 0 Å². The topological polar surface area (TPSA) is 78.4 Å². The van der Waals surface area contributed by atoms with E-state index in [1.54, 1.807) is 24.3 Å². The average Bonchev–Trinajstić information content (AvgIpc) is 2.74. The second-order valence-electron chi connectivity index (χ2n) is 5.90. The number of aliphatic hydroxyl groups excluding tert-OH is 1. The molecule has 0 heterocycles. The van der Waals surface area contributed by atoms with E-state index in [0.717, 1.165) is 0 Å². The summed E-state index contributed by atoms with van der Waals surface area (Å²) in [5.41, 5.74) is -0.642. The molecule has 0 spiro atoms. The predicted molar refractivity (Wildman–Crippen MR) is 97.6 cm³/mol. The van der Waals surface area contributed by atoms with Gasteiger partial charge >= 0.3 is 0 Å². The standard InChI is InChI=1S/C19H14ClF5N2O3/c20-10-3-1-9(2-4-10)7-26-19(30)12(8-28)27-13(29)6-5-11-14(21)16(23)18(25)17(24)15(11)22/h1-6,12,28H,7-8H2,(H,26,30)(H,27,29)/t12-/m0/s1. The maximum Gasteiger partial charge on any atom is 0.245 e. The van der Waals surface area contributed by atoms with Crippen molar-refractivity contribution < 1.29 is 36.6 Å². The molecule has 2 amide bonds. The van der Waals surface area contributed by atoms with Gasteiger partial charge in [0.25, 0.3) is 0 Å². The number of amides is 2. The van der Waals surface area contributed by atoms with E-state index < -0.39 is 59.1 Å². The fraction of sp³-hybridized carbons (Fsp3) is 0.158. The van der Waals surface area contributed by atoms with Crippen LogP contribution in [0.2, 0.25) is 5.02 Å². The highest BCUT2D eigenvalue weighted by Gasteiger charge is 2.24. The Morgan fingerprint density at radius 3 is 2.03 bits per heavy atom. The van der Waals surface area contributed by atoms with Crippen molar-refractivity contribution >= 4 is 29.5 Å². The van der Waals surface area contributed by atoms with Gasteiger partial charge in [-0.05, 0) is 23.8 Å². The lowest BCUT2D eigenvalue weighted by atomic mass is 10.1. The third kappa shape index (κ3) is 5.55. The van der Waals surface area contributed by atoms with Gasteiger partial charge in [-0.3, -0.25) is 9.59 Å². The average molecular weight is 449 g/mol. The van der Waals surface area contributed by atoms with Crippen LogP contribution in [0.15, 0.2) is 30.3 Å². The van der Waals surface area contributed by atoms with E-state index in [2.05, 4.69) is 5.32 Å². The third-order valence-corrected chi connectivity index (χ3v) is 4.09. The lowest BCUT2D eigenvalue weighted by Crippen LogP contribution is -2.48. The van der Waals surface area contributed by atoms with Crippen LogP contribution in [0.1, 0.15) is 11.1 Å². The summed E-state index contributed by atoms with van der Waals surface area (Å²) in [7, 11) is 0. The van der Waals surface area contributed by atoms with Gasteiger partial charge in [0.2, 0.25) is 17.6 Å². The fourth-order valence-electron chi connectivity index (χ4n) is 2.26. The van der Waals surface area contributed by atoms with Crippen molar-refractivity contribution in [2.24, 2.45) is 0 Å². The molecule has 30 heavy (non-hydrogen) atoms. The molecule has 0 aliphatic rings. The van der Waals surface area contributed by atoms with Gasteiger partial charge in [0.15, 0.2) is 23.3 Å². The summed E-state index contributed by atoms with van der Waals surface area (Å²) >= 11 is 5.74. The van der Waals surface area contributed by atoms with E-state index in [-0.39, 0.29) is 6.54 Å². The van der Waals surface area contributed by atoms with E-state index in [1.807, 2.05) is 5.32 Å². The Hall–Kier alpha value is -2.98. The molecule has 2 rings (SSSR count). The molecule has 0 aliphatic heterocycles. The molecule has 0 fully saturated rings. The molecule has 0 aliphatic carbocycles. The first-order valence-corrected chi connectivity index (χ1v) is 8.66. The summed E-state index contributed by atoms with van der Waals surface area (Å²) in [5, 5.41) is 14.3. The van der Waals surface area contributed by atoms with Gasteiger partial charge in [0.05, 0.1) is 12.2 Å². The second kappa shape index (κ2) is 10.2. The van der Waals surface area contributed by atoms with E-state index in [0.29, 0.717) is 22.7 Å². The normalized spacial score (nSPS) is 12.1. The molecule has 1 atom stereocenters. The first-order chi connectivity index (χ1) is 14.1. The molecule has 0 radical (unpaired) electrons. The molecule has 2 aromatic carbocycles. The van der Waals surface area contributed by atoms with E-state index in [9.17, 15) is 36.6 Å². The zero-order valence-corrected chi connectivity index (χ0v) is 15.7. The number of nitrogens with one attached hydrogen (secondary N) is 2. The van der Waals surface area contributed by atoms with Gasteiger partial charge in [0, 0.05) is 17.6 Å². The lowest BCUT2D eigenvalue weighted by Gasteiger charge is -2.15.